The predicted octanol–water partition coefficient (Wildman–Crippen LogP) is 1.26. The van der Waals surface area contributed by atoms with Crippen molar-refractivity contribution in [2.24, 2.45) is 0 Å². The van der Waals surface area contributed by atoms with Crippen LogP contribution in [-0.4, -0.2) is 33.6 Å². The number of hydrogen-bond acceptors (Lipinski definition) is 3. The summed E-state index contributed by atoms with van der Waals surface area (Å²) in [6.45, 7) is 5.22. The van der Waals surface area contributed by atoms with Crippen LogP contribution < -0.4 is 5.32 Å². The second kappa shape index (κ2) is 4.55. The molecule has 0 bridgehead atoms. The molecule has 0 amide bonds. The summed E-state index contributed by atoms with van der Waals surface area (Å²) in [5, 5.41) is 17.4. The Morgan fingerprint density at radius 3 is 3.06 bits per heavy atom. The van der Waals surface area contributed by atoms with Crippen LogP contribution in [-0.2, 0) is 0 Å². The first kappa shape index (κ1) is 11.6. The molecule has 1 aromatic heterocycles. The Morgan fingerprint density at radius 1 is 1.69 bits per heavy atom. The number of aromatic nitrogens is 2. The van der Waals surface area contributed by atoms with Gasteiger partial charge in [-0.1, -0.05) is 6.92 Å². The minimum absolute atomic E-state index is 0.0841. The van der Waals surface area contributed by atoms with Gasteiger partial charge in [-0.3, -0.25) is 4.68 Å². The zero-order valence-corrected chi connectivity index (χ0v) is 10.1. The molecule has 2 rings (SSSR count). The molecule has 1 fully saturated rings. The van der Waals surface area contributed by atoms with Gasteiger partial charge >= 0.3 is 0 Å². The molecule has 0 radical (unpaired) electrons. The normalized spacial score (nSPS) is 29.8. The molecule has 2 N–H and O–H groups in total. The number of nitrogens with zero attached hydrogens (tertiary/aromatic N) is 2. The molecule has 1 saturated carbocycles. The Labute approximate surface area is 96.7 Å². The van der Waals surface area contributed by atoms with Crippen LogP contribution in [0.15, 0.2) is 12.3 Å². The van der Waals surface area contributed by atoms with E-state index in [0.717, 1.165) is 31.5 Å². The zero-order valence-electron chi connectivity index (χ0n) is 10.1. The van der Waals surface area contributed by atoms with Crippen molar-refractivity contribution in [1.29, 1.82) is 0 Å². The third-order valence-corrected chi connectivity index (χ3v) is 3.55. The standard InChI is InChI=1S/C12H21N3O/c1-3-13-12(9-16)6-4-11(8-12)15-7-5-10(2)14-15/h5,7,11,13,16H,3-4,6,8-9H2,1-2H3. The first-order valence-electron chi connectivity index (χ1n) is 6.07. The molecular weight excluding hydrogens is 202 g/mol. The number of rotatable bonds is 4. The van der Waals surface area contributed by atoms with Crippen molar-refractivity contribution in [2.75, 3.05) is 13.2 Å². The third kappa shape index (κ3) is 2.13. The summed E-state index contributed by atoms with van der Waals surface area (Å²) in [6.07, 6.45) is 5.13. The van der Waals surface area contributed by atoms with Crippen molar-refractivity contribution >= 4 is 0 Å². The predicted molar refractivity (Wildman–Crippen MR) is 63.3 cm³/mol. The molecule has 90 valence electrons. The highest BCUT2D eigenvalue weighted by atomic mass is 16.3. The first-order valence-corrected chi connectivity index (χ1v) is 6.07. The van der Waals surface area contributed by atoms with Crippen molar-refractivity contribution < 1.29 is 5.11 Å². The van der Waals surface area contributed by atoms with E-state index in [1.165, 1.54) is 0 Å². The van der Waals surface area contributed by atoms with Crippen molar-refractivity contribution in [2.45, 2.75) is 44.7 Å². The highest BCUT2D eigenvalue weighted by molar-refractivity contribution is 5.01. The highest BCUT2D eigenvalue weighted by Crippen LogP contribution is 2.37. The van der Waals surface area contributed by atoms with Gasteiger partial charge in [-0.15, -0.1) is 0 Å². The van der Waals surface area contributed by atoms with Gasteiger partial charge in [-0.25, -0.2) is 0 Å². The summed E-state index contributed by atoms with van der Waals surface area (Å²) in [7, 11) is 0. The SMILES string of the molecule is CCNC1(CO)CCC(n2ccc(C)n2)C1. The minimum Gasteiger partial charge on any atom is -0.394 e. The monoisotopic (exact) mass is 223 g/mol. The van der Waals surface area contributed by atoms with Crippen LogP contribution in [0.1, 0.15) is 37.9 Å². The van der Waals surface area contributed by atoms with Gasteiger partial charge in [0.25, 0.3) is 0 Å². The Hall–Kier alpha value is -0.870. The van der Waals surface area contributed by atoms with Gasteiger partial charge in [0, 0.05) is 11.7 Å². The highest BCUT2D eigenvalue weighted by Gasteiger charge is 2.38. The summed E-state index contributed by atoms with van der Waals surface area (Å²) in [4.78, 5) is 0. The van der Waals surface area contributed by atoms with Gasteiger partial charge in [0.15, 0.2) is 0 Å². The Morgan fingerprint density at radius 2 is 2.50 bits per heavy atom. The molecule has 1 aromatic rings. The third-order valence-electron chi connectivity index (χ3n) is 3.55. The molecule has 16 heavy (non-hydrogen) atoms. The van der Waals surface area contributed by atoms with Gasteiger partial charge in [-0.05, 0) is 38.8 Å². The Balaban J connectivity index is 2.06. The molecule has 1 heterocycles. The quantitative estimate of drug-likeness (QED) is 0.808. The van der Waals surface area contributed by atoms with Gasteiger partial charge in [0.1, 0.15) is 0 Å². The van der Waals surface area contributed by atoms with Crippen molar-refractivity contribution in [1.82, 2.24) is 15.1 Å². The average Bonchev–Trinajstić information content (AvgIpc) is 2.86. The number of hydrogen-bond donors (Lipinski definition) is 2. The average molecular weight is 223 g/mol. The summed E-state index contributed by atoms with van der Waals surface area (Å²) in [5.41, 5.74) is 0.976. The van der Waals surface area contributed by atoms with E-state index in [4.69, 9.17) is 0 Å². The van der Waals surface area contributed by atoms with Crippen LogP contribution in [0.3, 0.4) is 0 Å². The number of aliphatic hydroxyl groups is 1. The number of nitrogens with one attached hydrogen (secondary N) is 1. The summed E-state index contributed by atoms with van der Waals surface area (Å²) in [6, 6.07) is 2.46. The van der Waals surface area contributed by atoms with E-state index in [1.54, 1.807) is 0 Å². The molecule has 2 unspecified atom stereocenters. The largest absolute Gasteiger partial charge is 0.394 e. The lowest BCUT2D eigenvalue weighted by molar-refractivity contribution is 0.162. The fourth-order valence-corrected chi connectivity index (χ4v) is 2.70. The smallest absolute Gasteiger partial charge is 0.0614 e. The van der Waals surface area contributed by atoms with Crippen molar-refractivity contribution in [3.63, 3.8) is 0 Å². The Kier molecular flexibility index (Phi) is 3.30. The molecule has 0 spiro atoms. The number of aryl methyl sites for hydroxylation is 1. The van der Waals surface area contributed by atoms with E-state index < -0.39 is 0 Å². The van der Waals surface area contributed by atoms with E-state index in [-0.39, 0.29) is 12.1 Å². The van der Waals surface area contributed by atoms with E-state index in [1.807, 2.05) is 23.9 Å². The lowest BCUT2D eigenvalue weighted by Gasteiger charge is -2.28. The topological polar surface area (TPSA) is 50.1 Å². The second-order valence-electron chi connectivity index (χ2n) is 4.80. The fourth-order valence-electron chi connectivity index (χ4n) is 2.70. The van der Waals surface area contributed by atoms with Crippen LogP contribution in [0.4, 0.5) is 0 Å². The van der Waals surface area contributed by atoms with Gasteiger partial charge < -0.3 is 10.4 Å². The van der Waals surface area contributed by atoms with Gasteiger partial charge in [0.05, 0.1) is 18.3 Å². The molecule has 2 atom stereocenters. The maximum absolute atomic E-state index is 9.53. The maximum atomic E-state index is 9.53. The molecular formula is C12H21N3O. The fraction of sp³-hybridized carbons (Fsp3) is 0.750. The van der Waals surface area contributed by atoms with E-state index >= 15 is 0 Å². The summed E-state index contributed by atoms with van der Waals surface area (Å²) in [5.74, 6) is 0. The number of likely N-dealkylation sites (N-methyl/N-ethyl adjacent to an activating group) is 1. The van der Waals surface area contributed by atoms with Crippen LogP contribution in [0, 0.1) is 6.92 Å². The minimum atomic E-state index is -0.0841. The van der Waals surface area contributed by atoms with E-state index in [9.17, 15) is 5.11 Å². The lowest BCUT2D eigenvalue weighted by Crippen LogP contribution is -2.46. The van der Waals surface area contributed by atoms with Gasteiger partial charge in [-0.2, -0.15) is 5.10 Å². The molecule has 4 nitrogen and oxygen atoms in total. The van der Waals surface area contributed by atoms with Crippen molar-refractivity contribution in [3.8, 4) is 0 Å². The molecule has 4 heteroatoms. The Bertz CT molecular complexity index is 350. The molecule has 0 saturated heterocycles. The van der Waals surface area contributed by atoms with E-state index in [0.29, 0.717) is 6.04 Å². The first-order chi connectivity index (χ1) is 7.69. The van der Waals surface area contributed by atoms with Crippen LogP contribution in [0.5, 0.6) is 0 Å². The number of aliphatic hydroxyl groups excluding tert-OH is 1. The molecule has 0 aromatic carbocycles. The lowest BCUT2D eigenvalue weighted by atomic mass is 9.98. The van der Waals surface area contributed by atoms with Crippen molar-refractivity contribution in [3.05, 3.63) is 18.0 Å². The van der Waals surface area contributed by atoms with Crippen LogP contribution >= 0.6 is 0 Å². The van der Waals surface area contributed by atoms with E-state index in [2.05, 4.69) is 17.3 Å². The molecule has 0 aliphatic heterocycles. The van der Waals surface area contributed by atoms with Crippen LogP contribution in [0.2, 0.25) is 0 Å². The maximum Gasteiger partial charge on any atom is 0.0614 e. The molecule has 1 aliphatic rings. The summed E-state index contributed by atoms with van der Waals surface area (Å²) < 4.78 is 2.05. The molecule has 1 aliphatic carbocycles. The van der Waals surface area contributed by atoms with Gasteiger partial charge in [0.2, 0.25) is 0 Å². The summed E-state index contributed by atoms with van der Waals surface area (Å²) >= 11 is 0. The second-order valence-corrected chi connectivity index (χ2v) is 4.80. The zero-order chi connectivity index (χ0) is 11.6. The van der Waals surface area contributed by atoms with Crippen LogP contribution in [0.25, 0.3) is 0 Å².